The molecule has 0 amide bonds. The Bertz CT molecular complexity index is 1520. The van der Waals surface area contributed by atoms with E-state index in [9.17, 15) is 22.7 Å². The molecule has 1 aromatic heterocycles. The Morgan fingerprint density at radius 3 is 2.61 bits per heavy atom. The third-order valence-corrected chi connectivity index (χ3v) is 8.22. The largest absolute Gasteiger partial charge is 0.477 e. The summed E-state index contributed by atoms with van der Waals surface area (Å²) in [5, 5.41) is 37.3. The van der Waals surface area contributed by atoms with Crippen LogP contribution in [0.15, 0.2) is 30.3 Å². The normalized spacial score (nSPS) is 14.9. The fourth-order valence-corrected chi connectivity index (χ4v) is 6.30. The van der Waals surface area contributed by atoms with Crippen LogP contribution < -0.4 is 20.7 Å². The number of fused-ring (bicyclic) bond motifs is 1. The number of hydrogen-bond acceptors (Lipinski definition) is 9. The molecule has 1 aliphatic rings. The standard InChI is InChI=1S/C31H35F4N5O3S/c1-20(42)19-40-12-7-21(8-13-40)39-25-5-2-4-22-23(18-31(33,34)35)29(44-30(22)25)6-3-10-37-27-16-24(32)26(38-11-14-41)17-28(27)43-15-9-36/h2,4-5,16-17,20-21,37-39,41-42H,7-8,10-15,18-19H2,1H3. The van der Waals surface area contributed by atoms with Crippen molar-refractivity contribution in [2.75, 3.05) is 61.9 Å². The number of rotatable bonds is 12. The number of ether oxygens (including phenoxy) is 1. The van der Waals surface area contributed by atoms with Gasteiger partial charge in [0.1, 0.15) is 17.6 Å². The molecule has 0 bridgehead atoms. The molecule has 1 fully saturated rings. The SMILES string of the molecule is CC(O)CN1CCC(Nc2cccc3c(CC(F)(F)F)c(C#CCNc4cc(F)c(NCCO)cc4OCC#N)sc23)CC1. The number of nitrogens with zero attached hydrogens (tertiary/aromatic N) is 2. The third-order valence-electron chi connectivity index (χ3n) is 7.02. The predicted molar refractivity (Wildman–Crippen MR) is 165 cm³/mol. The van der Waals surface area contributed by atoms with Gasteiger partial charge in [-0.3, -0.25) is 0 Å². The zero-order chi connectivity index (χ0) is 31.7. The average molecular weight is 634 g/mol. The number of aliphatic hydroxyl groups excluding tert-OH is 2. The number of likely N-dealkylation sites (tertiary alicyclic amines) is 1. The average Bonchev–Trinajstić information content (AvgIpc) is 3.31. The number of hydrogen-bond donors (Lipinski definition) is 5. The smallest absolute Gasteiger partial charge is 0.393 e. The molecule has 2 heterocycles. The lowest BCUT2D eigenvalue weighted by Crippen LogP contribution is -2.41. The van der Waals surface area contributed by atoms with Crippen molar-refractivity contribution in [3.63, 3.8) is 0 Å². The van der Waals surface area contributed by atoms with E-state index in [-0.39, 0.29) is 55.0 Å². The van der Waals surface area contributed by atoms with Gasteiger partial charge in [-0.1, -0.05) is 24.0 Å². The summed E-state index contributed by atoms with van der Waals surface area (Å²) in [5.41, 5.74) is 1.18. The van der Waals surface area contributed by atoms with Crippen molar-refractivity contribution < 1.29 is 32.5 Å². The van der Waals surface area contributed by atoms with E-state index < -0.39 is 24.5 Å². The molecule has 44 heavy (non-hydrogen) atoms. The van der Waals surface area contributed by atoms with Gasteiger partial charge in [0.15, 0.2) is 6.61 Å². The Morgan fingerprint density at radius 2 is 1.93 bits per heavy atom. The minimum Gasteiger partial charge on any atom is -0.477 e. The quantitative estimate of drug-likeness (QED) is 0.137. The summed E-state index contributed by atoms with van der Waals surface area (Å²) >= 11 is 1.20. The van der Waals surface area contributed by atoms with Crippen molar-refractivity contribution in [3.8, 4) is 23.7 Å². The maximum absolute atomic E-state index is 14.6. The van der Waals surface area contributed by atoms with Crippen LogP contribution in [-0.2, 0) is 6.42 Å². The summed E-state index contributed by atoms with van der Waals surface area (Å²) < 4.78 is 61.6. The third kappa shape index (κ3) is 9.13. The van der Waals surface area contributed by atoms with Crippen LogP contribution >= 0.6 is 11.3 Å². The topological polar surface area (TPSA) is 113 Å². The zero-order valence-electron chi connectivity index (χ0n) is 24.2. The van der Waals surface area contributed by atoms with Gasteiger partial charge >= 0.3 is 6.18 Å². The van der Waals surface area contributed by atoms with Gasteiger partial charge < -0.3 is 35.8 Å². The molecule has 4 rings (SSSR count). The van der Waals surface area contributed by atoms with E-state index in [0.29, 0.717) is 21.5 Å². The molecule has 8 nitrogen and oxygen atoms in total. The molecule has 0 aliphatic carbocycles. The molecule has 5 N–H and O–H groups in total. The van der Waals surface area contributed by atoms with E-state index >= 15 is 0 Å². The second-order valence-corrected chi connectivity index (χ2v) is 11.6. The van der Waals surface area contributed by atoms with Gasteiger partial charge in [-0.15, -0.1) is 11.3 Å². The van der Waals surface area contributed by atoms with E-state index in [0.717, 1.165) is 37.7 Å². The summed E-state index contributed by atoms with van der Waals surface area (Å²) in [5.74, 6) is 5.30. The lowest BCUT2D eigenvalue weighted by molar-refractivity contribution is -0.126. The van der Waals surface area contributed by atoms with Crippen LogP contribution in [0.5, 0.6) is 5.75 Å². The fourth-order valence-electron chi connectivity index (χ4n) is 5.13. The molecule has 1 saturated heterocycles. The monoisotopic (exact) mass is 633 g/mol. The molecule has 1 unspecified atom stereocenters. The number of benzene rings is 2. The van der Waals surface area contributed by atoms with E-state index in [4.69, 9.17) is 15.1 Å². The van der Waals surface area contributed by atoms with Crippen LogP contribution in [0.25, 0.3) is 10.1 Å². The molecule has 1 atom stereocenters. The summed E-state index contributed by atoms with van der Waals surface area (Å²) in [6.07, 6.45) is -4.26. The number of aliphatic hydroxyl groups is 2. The first kappa shape index (κ1) is 33.1. The number of anilines is 3. The van der Waals surface area contributed by atoms with E-state index in [1.807, 2.05) is 12.1 Å². The van der Waals surface area contributed by atoms with E-state index in [1.165, 1.54) is 17.4 Å². The number of nitriles is 1. The highest BCUT2D eigenvalue weighted by molar-refractivity contribution is 7.20. The van der Waals surface area contributed by atoms with Gasteiger partial charge in [0.2, 0.25) is 0 Å². The Hall–Kier alpha value is -3.75. The molecule has 2 aromatic carbocycles. The van der Waals surface area contributed by atoms with Crippen LogP contribution in [0.3, 0.4) is 0 Å². The van der Waals surface area contributed by atoms with Gasteiger partial charge in [0.05, 0.1) is 52.3 Å². The first-order valence-corrected chi connectivity index (χ1v) is 15.1. The van der Waals surface area contributed by atoms with Gasteiger partial charge in [0, 0.05) is 44.4 Å². The summed E-state index contributed by atoms with van der Waals surface area (Å²) in [4.78, 5) is 2.50. The Kier molecular flexibility index (Phi) is 11.5. The van der Waals surface area contributed by atoms with Gasteiger partial charge in [-0.05, 0) is 36.8 Å². The highest BCUT2D eigenvalue weighted by Gasteiger charge is 2.31. The summed E-state index contributed by atoms with van der Waals surface area (Å²) in [7, 11) is 0. The molecule has 13 heteroatoms. The maximum atomic E-state index is 14.6. The second kappa shape index (κ2) is 15.3. The highest BCUT2D eigenvalue weighted by atomic mass is 32.1. The van der Waals surface area contributed by atoms with Crippen LogP contribution in [-0.4, -0.2) is 79.4 Å². The molecule has 236 valence electrons. The molecule has 0 saturated carbocycles. The number of halogens is 4. The number of β-amino-alcohol motifs (C(OH)–C–C–N with tert-alkyl or cyclic N) is 1. The lowest BCUT2D eigenvalue weighted by Gasteiger charge is -2.33. The minimum atomic E-state index is -4.43. The van der Waals surface area contributed by atoms with Crippen LogP contribution in [0, 0.1) is 29.0 Å². The van der Waals surface area contributed by atoms with Crippen LogP contribution in [0.4, 0.5) is 34.6 Å². The second-order valence-electron chi connectivity index (χ2n) is 10.5. The predicted octanol–water partition coefficient (Wildman–Crippen LogP) is 5.17. The molecular weight excluding hydrogens is 598 g/mol. The highest BCUT2D eigenvalue weighted by Crippen LogP contribution is 2.39. The van der Waals surface area contributed by atoms with Crippen molar-refractivity contribution in [1.29, 1.82) is 5.26 Å². The summed E-state index contributed by atoms with van der Waals surface area (Å²) in [6.45, 7) is 3.61. The molecule has 1 aliphatic heterocycles. The first-order valence-electron chi connectivity index (χ1n) is 14.3. The lowest BCUT2D eigenvalue weighted by atomic mass is 10.0. The van der Waals surface area contributed by atoms with E-state index in [1.54, 1.807) is 19.1 Å². The van der Waals surface area contributed by atoms with Crippen molar-refractivity contribution in [2.45, 2.75) is 44.5 Å². The first-order chi connectivity index (χ1) is 21.1. The molecule has 0 radical (unpaired) electrons. The maximum Gasteiger partial charge on any atom is 0.393 e. The Balaban J connectivity index is 1.55. The van der Waals surface area contributed by atoms with Crippen molar-refractivity contribution in [1.82, 2.24) is 4.90 Å². The van der Waals surface area contributed by atoms with Crippen LogP contribution in [0.1, 0.15) is 30.2 Å². The molecule has 0 spiro atoms. The number of nitrogens with one attached hydrogen (secondary N) is 3. The Morgan fingerprint density at radius 1 is 1.16 bits per heavy atom. The van der Waals surface area contributed by atoms with Gasteiger partial charge in [0.25, 0.3) is 0 Å². The van der Waals surface area contributed by atoms with Crippen molar-refractivity contribution in [3.05, 3.63) is 46.6 Å². The molecular formula is C31H35F4N5O3S. The fraction of sp³-hybridized carbons (Fsp3) is 0.452. The number of piperidine rings is 1. The summed E-state index contributed by atoms with van der Waals surface area (Å²) in [6, 6.07) is 9.82. The van der Waals surface area contributed by atoms with Crippen molar-refractivity contribution in [2.24, 2.45) is 0 Å². The van der Waals surface area contributed by atoms with Gasteiger partial charge in [-0.25, -0.2) is 4.39 Å². The van der Waals surface area contributed by atoms with E-state index in [2.05, 4.69) is 32.7 Å². The van der Waals surface area contributed by atoms with Crippen molar-refractivity contribution >= 4 is 38.5 Å². The zero-order valence-corrected chi connectivity index (χ0v) is 25.0. The number of thiophene rings is 1. The van der Waals surface area contributed by atoms with Crippen LogP contribution in [0.2, 0.25) is 0 Å². The number of alkyl halides is 3. The molecule has 3 aromatic rings. The minimum absolute atomic E-state index is 0.0262. The Labute approximate surface area is 257 Å². The van der Waals surface area contributed by atoms with Gasteiger partial charge in [-0.2, -0.15) is 18.4 Å².